The predicted octanol–water partition coefficient (Wildman–Crippen LogP) is 3.86. The number of hydrogen-bond donors (Lipinski definition) is 1. The molecule has 0 spiro atoms. The van der Waals surface area contributed by atoms with Crippen molar-refractivity contribution in [3.05, 3.63) is 23.3 Å². The van der Waals surface area contributed by atoms with Crippen LogP contribution in [0.3, 0.4) is 0 Å². The van der Waals surface area contributed by atoms with Gasteiger partial charge in [-0.15, -0.1) is 0 Å². The topological polar surface area (TPSA) is 54.4 Å². The summed E-state index contributed by atoms with van der Waals surface area (Å²) < 4.78 is 0. The lowest BCUT2D eigenvalue weighted by Crippen LogP contribution is -2.56. The van der Waals surface area contributed by atoms with E-state index in [4.69, 9.17) is 0 Å². The molecule has 25 heavy (non-hydrogen) atoms. The number of rotatable bonds is 1. The van der Waals surface area contributed by atoms with Crippen molar-refractivity contribution in [1.82, 2.24) is 0 Å². The first-order valence-electron chi connectivity index (χ1n) is 9.82. The summed E-state index contributed by atoms with van der Waals surface area (Å²) in [6.07, 6.45) is 8.32. The molecule has 3 nitrogen and oxygen atoms in total. The molecule has 0 saturated heterocycles. The van der Waals surface area contributed by atoms with Crippen molar-refractivity contribution in [1.29, 1.82) is 0 Å². The lowest BCUT2D eigenvalue weighted by molar-refractivity contribution is -0.137. The summed E-state index contributed by atoms with van der Waals surface area (Å²) >= 11 is 0. The summed E-state index contributed by atoms with van der Waals surface area (Å²) in [6, 6.07) is 0. The van der Waals surface area contributed by atoms with Crippen LogP contribution in [0.1, 0.15) is 59.8 Å². The van der Waals surface area contributed by atoms with E-state index in [2.05, 4.69) is 19.9 Å². The van der Waals surface area contributed by atoms with Crippen LogP contribution < -0.4 is 0 Å². The Bertz CT molecular complexity index is 702. The summed E-state index contributed by atoms with van der Waals surface area (Å²) in [5, 5.41) is 11.2. The number of allylic oxidation sites excluding steroid dienone is 4. The Morgan fingerprint density at radius 3 is 2.64 bits per heavy atom. The molecule has 3 fully saturated rings. The van der Waals surface area contributed by atoms with Crippen LogP contribution in [-0.4, -0.2) is 22.8 Å². The number of aliphatic hydroxyl groups excluding tert-OH is 1. The van der Waals surface area contributed by atoms with Gasteiger partial charge < -0.3 is 5.11 Å². The van der Waals surface area contributed by atoms with Crippen LogP contribution in [0.5, 0.6) is 0 Å². The van der Waals surface area contributed by atoms with Crippen molar-refractivity contribution in [3.8, 4) is 0 Å². The minimum absolute atomic E-state index is 0.0623. The van der Waals surface area contributed by atoms with Crippen LogP contribution in [-0.2, 0) is 9.59 Å². The van der Waals surface area contributed by atoms with Gasteiger partial charge in [0.15, 0.2) is 5.78 Å². The molecule has 4 rings (SSSR count). The average molecular weight is 342 g/mol. The highest BCUT2D eigenvalue weighted by molar-refractivity contribution is 6.05. The van der Waals surface area contributed by atoms with Gasteiger partial charge in [0, 0.05) is 17.3 Å². The zero-order chi connectivity index (χ0) is 18.1. The molecule has 0 heterocycles. The smallest absolute Gasteiger partial charge is 0.181 e. The quantitative estimate of drug-likeness (QED) is 0.787. The van der Waals surface area contributed by atoms with Crippen molar-refractivity contribution in [3.63, 3.8) is 0 Å². The molecule has 3 heteroatoms. The standard InChI is InChI=1S/C22H30O3/c1-12-10-21(3)14(9-18(12)24)5-6-15-17-8-7-16(13(2)23)22(17,4)11-19(25)20(15)21/h9-10,15-17,19-20,25H,5-8,11H2,1-4H3/t15-,16+,17-,19?,20+,21-,22+/m0/s1. The molecule has 3 saturated carbocycles. The molecule has 0 amide bonds. The highest BCUT2D eigenvalue weighted by Crippen LogP contribution is 2.66. The molecular weight excluding hydrogens is 312 g/mol. The first-order chi connectivity index (χ1) is 11.7. The molecule has 0 radical (unpaired) electrons. The zero-order valence-corrected chi connectivity index (χ0v) is 15.8. The number of ketones is 2. The minimum atomic E-state index is -0.405. The van der Waals surface area contributed by atoms with E-state index >= 15 is 0 Å². The van der Waals surface area contributed by atoms with Gasteiger partial charge in [-0.3, -0.25) is 9.59 Å². The molecule has 1 N–H and O–H groups in total. The average Bonchev–Trinajstić information content (AvgIpc) is 2.85. The van der Waals surface area contributed by atoms with Crippen molar-refractivity contribution in [2.24, 2.45) is 34.5 Å². The predicted molar refractivity (Wildman–Crippen MR) is 96.8 cm³/mol. The van der Waals surface area contributed by atoms with E-state index in [1.165, 1.54) is 5.57 Å². The summed E-state index contributed by atoms with van der Waals surface area (Å²) in [7, 11) is 0. The van der Waals surface area contributed by atoms with Gasteiger partial charge in [0.1, 0.15) is 5.78 Å². The third kappa shape index (κ3) is 2.21. The molecule has 0 bridgehead atoms. The summed E-state index contributed by atoms with van der Waals surface area (Å²) in [6.45, 7) is 8.08. The van der Waals surface area contributed by atoms with Crippen molar-refractivity contribution in [2.45, 2.75) is 65.9 Å². The number of hydrogen-bond acceptors (Lipinski definition) is 3. The van der Waals surface area contributed by atoms with E-state index in [-0.39, 0.29) is 34.2 Å². The first kappa shape index (κ1) is 17.2. The van der Waals surface area contributed by atoms with Gasteiger partial charge in [-0.25, -0.2) is 0 Å². The van der Waals surface area contributed by atoms with Crippen molar-refractivity contribution >= 4 is 11.6 Å². The zero-order valence-electron chi connectivity index (χ0n) is 15.8. The molecule has 0 aromatic rings. The largest absolute Gasteiger partial charge is 0.393 e. The van der Waals surface area contributed by atoms with E-state index in [0.29, 0.717) is 18.3 Å². The Hall–Kier alpha value is -1.22. The first-order valence-corrected chi connectivity index (χ1v) is 9.82. The number of aliphatic hydroxyl groups is 1. The van der Waals surface area contributed by atoms with Gasteiger partial charge in [0.2, 0.25) is 0 Å². The Balaban J connectivity index is 1.76. The van der Waals surface area contributed by atoms with E-state index in [0.717, 1.165) is 31.3 Å². The van der Waals surface area contributed by atoms with E-state index in [1.807, 2.05) is 13.0 Å². The van der Waals surface area contributed by atoms with Crippen LogP contribution in [0.15, 0.2) is 23.3 Å². The second-order valence-corrected chi connectivity index (χ2v) is 9.50. The maximum absolute atomic E-state index is 12.2. The minimum Gasteiger partial charge on any atom is -0.393 e. The van der Waals surface area contributed by atoms with E-state index in [9.17, 15) is 14.7 Å². The van der Waals surface area contributed by atoms with Gasteiger partial charge in [-0.2, -0.15) is 0 Å². The van der Waals surface area contributed by atoms with Gasteiger partial charge in [-0.1, -0.05) is 25.5 Å². The fourth-order valence-electron chi connectivity index (χ4n) is 7.28. The maximum atomic E-state index is 12.2. The van der Waals surface area contributed by atoms with E-state index in [1.54, 1.807) is 6.92 Å². The lowest BCUT2D eigenvalue weighted by atomic mass is 9.46. The Labute approximate surface area is 150 Å². The molecule has 136 valence electrons. The lowest BCUT2D eigenvalue weighted by Gasteiger charge is -2.58. The van der Waals surface area contributed by atoms with Gasteiger partial charge in [-0.05, 0) is 74.9 Å². The fourth-order valence-corrected chi connectivity index (χ4v) is 7.28. The molecule has 0 aromatic heterocycles. The maximum Gasteiger partial charge on any atom is 0.181 e. The molecule has 0 aromatic carbocycles. The highest BCUT2D eigenvalue weighted by Gasteiger charge is 2.62. The van der Waals surface area contributed by atoms with Crippen LogP contribution in [0.2, 0.25) is 0 Å². The van der Waals surface area contributed by atoms with Gasteiger partial charge >= 0.3 is 0 Å². The summed E-state index contributed by atoms with van der Waals surface area (Å²) in [5.74, 6) is 1.63. The fraction of sp³-hybridized carbons (Fsp3) is 0.727. The van der Waals surface area contributed by atoms with Crippen LogP contribution in [0.4, 0.5) is 0 Å². The van der Waals surface area contributed by atoms with E-state index < -0.39 is 6.10 Å². The number of fused-ring (bicyclic) bond motifs is 5. The highest BCUT2D eigenvalue weighted by atomic mass is 16.3. The Morgan fingerprint density at radius 2 is 1.96 bits per heavy atom. The van der Waals surface area contributed by atoms with Crippen molar-refractivity contribution in [2.75, 3.05) is 0 Å². The summed E-state index contributed by atoms with van der Waals surface area (Å²) in [5.41, 5.74) is 1.73. The van der Waals surface area contributed by atoms with Crippen LogP contribution in [0.25, 0.3) is 0 Å². The Morgan fingerprint density at radius 1 is 1.24 bits per heavy atom. The monoisotopic (exact) mass is 342 g/mol. The second kappa shape index (κ2) is 5.39. The van der Waals surface area contributed by atoms with Crippen molar-refractivity contribution < 1.29 is 14.7 Å². The molecule has 0 aliphatic heterocycles. The molecule has 7 atom stereocenters. The normalized spacial score (nSPS) is 48.8. The third-order valence-electron chi connectivity index (χ3n) is 8.28. The number of carbonyl (C=O) groups excluding carboxylic acids is 2. The molecule has 4 aliphatic carbocycles. The van der Waals surface area contributed by atoms with Crippen LogP contribution >= 0.6 is 0 Å². The van der Waals surface area contributed by atoms with Gasteiger partial charge in [0.05, 0.1) is 6.10 Å². The Kier molecular flexibility index (Phi) is 3.71. The number of Topliss-reactive ketones (excluding diaryl/α,β-unsaturated/α-hetero) is 1. The number of carbonyl (C=O) groups is 2. The molecule has 4 aliphatic rings. The SMILES string of the molecule is CC(=O)[C@H]1CC[C@H]2[C@@H]3CCC4=CC(=O)C(C)=C[C@]4(C)[C@H]3C(O)C[C@]12C. The van der Waals surface area contributed by atoms with Crippen LogP contribution in [0, 0.1) is 34.5 Å². The molecule has 1 unspecified atom stereocenters. The summed E-state index contributed by atoms with van der Waals surface area (Å²) in [4.78, 5) is 24.3. The van der Waals surface area contributed by atoms with Gasteiger partial charge in [0.25, 0.3) is 0 Å². The molecular formula is C22H30O3. The second-order valence-electron chi connectivity index (χ2n) is 9.50. The third-order valence-corrected chi connectivity index (χ3v) is 8.28.